The van der Waals surface area contributed by atoms with Gasteiger partial charge in [-0.1, -0.05) is 53.5 Å². The van der Waals surface area contributed by atoms with Gasteiger partial charge in [0, 0.05) is 28.2 Å². The van der Waals surface area contributed by atoms with Crippen molar-refractivity contribution in [3.8, 4) is 5.75 Å². The Balaban J connectivity index is 1.65. The summed E-state index contributed by atoms with van der Waals surface area (Å²) < 4.78 is 108. The molecule has 2 aliphatic heterocycles. The molecule has 2 heterocycles. The number of amides is 1. The molecule has 2 unspecified atom stereocenters. The zero-order valence-electron chi connectivity index (χ0n) is 25.6. The van der Waals surface area contributed by atoms with Gasteiger partial charge in [0.2, 0.25) is 6.04 Å². The van der Waals surface area contributed by atoms with Gasteiger partial charge in [-0.2, -0.15) is 22.0 Å². The molecule has 2 N–H and O–H groups in total. The zero-order valence-corrected chi connectivity index (χ0v) is 28.0. The van der Waals surface area contributed by atoms with Gasteiger partial charge in [-0.15, -0.1) is 0 Å². The summed E-state index contributed by atoms with van der Waals surface area (Å²) in [7, 11) is -5.59. The van der Waals surface area contributed by atoms with Gasteiger partial charge in [0.25, 0.3) is 15.9 Å². The van der Waals surface area contributed by atoms with Crippen LogP contribution in [0.4, 0.5) is 22.0 Å². The Morgan fingerprint density at radius 1 is 0.979 bits per heavy atom. The number of sulfonamides is 1. The van der Waals surface area contributed by atoms with Gasteiger partial charge in [0.05, 0.1) is 11.5 Å². The summed E-state index contributed by atoms with van der Waals surface area (Å²) in [5, 5.41) is 0.724. The maximum absolute atomic E-state index is 16.7. The highest BCUT2D eigenvalue weighted by atomic mass is 79.9. The van der Waals surface area contributed by atoms with Crippen molar-refractivity contribution in [3.05, 3.63) is 70.7 Å². The molecule has 0 spiro atoms. The van der Waals surface area contributed by atoms with Crippen molar-refractivity contribution >= 4 is 48.6 Å². The van der Waals surface area contributed by atoms with Gasteiger partial charge < -0.3 is 20.2 Å². The molecule has 0 radical (unpaired) electrons. The summed E-state index contributed by atoms with van der Waals surface area (Å²) in [6, 6.07) is 7.11. The van der Waals surface area contributed by atoms with E-state index in [1.165, 1.54) is 24.3 Å². The average Bonchev–Trinajstić information content (AvgIpc) is 3.30. The summed E-state index contributed by atoms with van der Waals surface area (Å²) in [5.74, 6) is -8.65. The minimum Gasteiger partial charge on any atom is -0.494 e. The lowest BCUT2D eigenvalue weighted by atomic mass is 9.94. The van der Waals surface area contributed by atoms with Crippen LogP contribution in [0.1, 0.15) is 51.0 Å². The predicted octanol–water partition coefficient (Wildman–Crippen LogP) is 6.43. The first kappa shape index (κ1) is 36.0. The number of hydrogen-bond acceptors (Lipinski definition) is 7. The van der Waals surface area contributed by atoms with Gasteiger partial charge in [-0.05, 0) is 83.7 Å². The monoisotopic (exact) mass is 761 g/mol. The Hall–Kier alpha value is -3.34. The number of hydrogen-bond donors (Lipinski definition) is 1. The number of nitrogens with zero attached hydrogens (tertiary/aromatic N) is 2. The number of nitrogens with two attached hydrogens (primary N) is 1. The molecule has 48 heavy (non-hydrogen) atoms. The second-order valence-corrected chi connectivity index (χ2v) is 14.6. The molecule has 0 saturated carbocycles. The van der Waals surface area contributed by atoms with Gasteiger partial charge in [-0.25, -0.2) is 13.2 Å². The molecule has 1 amide bonds. The summed E-state index contributed by atoms with van der Waals surface area (Å²) in [6.07, 6.45) is -2.97. The third kappa shape index (κ3) is 7.31. The fourth-order valence-corrected chi connectivity index (χ4v) is 7.85. The highest BCUT2D eigenvalue weighted by Crippen LogP contribution is 2.43. The molecule has 2 aliphatic rings. The lowest BCUT2D eigenvalue weighted by Crippen LogP contribution is -2.62. The number of alkyl halides is 5. The van der Waals surface area contributed by atoms with Crippen molar-refractivity contribution in [2.45, 2.75) is 86.6 Å². The van der Waals surface area contributed by atoms with Crippen LogP contribution < -0.4 is 10.5 Å². The van der Waals surface area contributed by atoms with E-state index < -0.39 is 67.1 Å². The molecule has 3 aromatic rings. The minimum absolute atomic E-state index is 0.211. The number of hydroxylamine groups is 1. The number of ether oxygens (including phenoxy) is 1. The Kier molecular flexibility index (Phi) is 10.4. The topological polar surface area (TPSA) is 119 Å². The van der Waals surface area contributed by atoms with Crippen LogP contribution in [0, 0.1) is 0 Å². The maximum Gasteiger partial charge on any atom is 0.492 e. The maximum atomic E-state index is 16.7. The number of halogens is 6. The number of carbonyl (C=O) groups excluding carboxylic acids is 2. The van der Waals surface area contributed by atoms with Crippen LogP contribution in [0.2, 0.25) is 0 Å². The number of piperidine rings is 1. The van der Waals surface area contributed by atoms with Crippen LogP contribution in [-0.4, -0.2) is 66.6 Å². The van der Waals surface area contributed by atoms with Crippen molar-refractivity contribution in [1.82, 2.24) is 9.37 Å². The zero-order chi connectivity index (χ0) is 35.0. The van der Waals surface area contributed by atoms with Crippen molar-refractivity contribution in [3.63, 3.8) is 0 Å². The molecule has 3 atom stereocenters. The molecule has 2 saturated heterocycles. The fraction of sp³-hybridized carbons (Fsp3) is 0.438. The smallest absolute Gasteiger partial charge is 0.492 e. The fourth-order valence-electron chi connectivity index (χ4n) is 6.19. The number of carbonyl (C=O) groups is 2. The summed E-state index contributed by atoms with van der Waals surface area (Å²) in [5.41, 5.74) is 5.19. The van der Waals surface area contributed by atoms with Crippen LogP contribution in [-0.2, 0) is 30.4 Å². The van der Waals surface area contributed by atoms with Crippen LogP contribution in [0.15, 0.2) is 70.0 Å². The SMILES string of the molecule is CCCCOc1ccc2cc(S(=O)(=O)N(OC(=O)C(F)(F)F)[C@@H](C(=O)N3C4CCC3CC(N)C4)C(F)(F)c3ccc(Br)cc3)ccc2c1. The molecule has 260 valence electrons. The quantitative estimate of drug-likeness (QED) is 0.136. The molecular weight excluding hydrogens is 729 g/mol. The van der Waals surface area contributed by atoms with E-state index in [9.17, 15) is 31.2 Å². The number of fused-ring (bicyclic) bond motifs is 3. The molecule has 5 rings (SSSR count). The normalized spacial score (nSPS) is 20.6. The second-order valence-electron chi connectivity index (χ2n) is 11.9. The molecule has 9 nitrogen and oxygen atoms in total. The van der Waals surface area contributed by atoms with Gasteiger partial charge >= 0.3 is 18.1 Å². The van der Waals surface area contributed by atoms with Gasteiger partial charge in [0.1, 0.15) is 5.75 Å². The summed E-state index contributed by atoms with van der Waals surface area (Å²) >= 11 is 3.12. The van der Waals surface area contributed by atoms with E-state index in [4.69, 9.17) is 10.5 Å². The highest BCUT2D eigenvalue weighted by molar-refractivity contribution is 9.10. The Morgan fingerprint density at radius 3 is 2.19 bits per heavy atom. The van der Waals surface area contributed by atoms with Crippen LogP contribution >= 0.6 is 15.9 Å². The van der Waals surface area contributed by atoms with Crippen LogP contribution in [0.3, 0.4) is 0 Å². The Labute approximate surface area is 282 Å². The van der Waals surface area contributed by atoms with Gasteiger partial charge in [0.15, 0.2) is 0 Å². The van der Waals surface area contributed by atoms with Crippen molar-refractivity contribution in [2.75, 3.05) is 6.61 Å². The minimum atomic E-state index is -5.80. The number of benzene rings is 3. The van der Waals surface area contributed by atoms with E-state index in [0.717, 1.165) is 42.0 Å². The Morgan fingerprint density at radius 2 is 1.58 bits per heavy atom. The van der Waals surface area contributed by atoms with E-state index in [1.54, 1.807) is 12.1 Å². The standard InChI is InChI=1S/C32H33BrF5N3O6S/c1-2-3-14-46-26-12-4-20-16-27(13-5-19(20)15-26)48(44,45)41(47-30(43)32(36,37)38)28(31(34,35)21-6-8-22(33)9-7-21)29(42)40-24-10-11-25(40)18-23(39)17-24/h4-9,12-13,15-16,23-25,28H,2-3,10-11,14,17-18,39H2,1H3/t23?,24?,25?,28-/m0/s1. The summed E-state index contributed by atoms with van der Waals surface area (Å²) in [4.78, 5) is 31.1. The second kappa shape index (κ2) is 13.9. The molecule has 16 heteroatoms. The lowest BCUT2D eigenvalue weighted by Gasteiger charge is -2.42. The van der Waals surface area contributed by atoms with Crippen LogP contribution in [0.25, 0.3) is 10.8 Å². The summed E-state index contributed by atoms with van der Waals surface area (Å²) in [6.45, 7) is 2.42. The average molecular weight is 763 g/mol. The van der Waals surface area contributed by atoms with Crippen molar-refractivity contribution in [1.29, 1.82) is 0 Å². The van der Waals surface area contributed by atoms with Crippen molar-refractivity contribution in [2.24, 2.45) is 5.73 Å². The first-order valence-electron chi connectivity index (χ1n) is 15.3. The third-order valence-electron chi connectivity index (χ3n) is 8.53. The molecule has 0 aliphatic carbocycles. The lowest BCUT2D eigenvalue weighted by molar-refractivity contribution is -0.240. The van der Waals surface area contributed by atoms with E-state index in [-0.39, 0.29) is 24.3 Å². The van der Waals surface area contributed by atoms with E-state index in [1.807, 2.05) is 6.92 Å². The van der Waals surface area contributed by atoms with Crippen molar-refractivity contribution < 1.29 is 49.5 Å². The molecule has 2 bridgehead atoms. The van der Waals surface area contributed by atoms with E-state index in [0.29, 0.717) is 35.1 Å². The molecule has 2 fully saturated rings. The van der Waals surface area contributed by atoms with Crippen LogP contribution in [0.5, 0.6) is 5.75 Å². The largest absolute Gasteiger partial charge is 0.494 e. The number of rotatable bonds is 11. The van der Waals surface area contributed by atoms with E-state index in [2.05, 4.69) is 20.8 Å². The molecule has 3 aromatic carbocycles. The number of unbranched alkanes of at least 4 members (excludes halogenated alkanes) is 1. The molecular formula is C32H33BrF5N3O6S. The molecule has 0 aromatic heterocycles. The highest BCUT2D eigenvalue weighted by Gasteiger charge is 2.60. The predicted molar refractivity (Wildman–Crippen MR) is 168 cm³/mol. The van der Waals surface area contributed by atoms with E-state index >= 15 is 8.78 Å². The van der Waals surface area contributed by atoms with Gasteiger partial charge in [-0.3, -0.25) is 4.79 Å². The Bertz CT molecular complexity index is 1760. The first-order chi connectivity index (χ1) is 22.5. The first-order valence-corrected chi connectivity index (χ1v) is 17.5. The third-order valence-corrected chi connectivity index (χ3v) is 10.7.